The molecule has 1 aromatic rings. The standard InChI is InChI=1S/C12H17BrN4/c1-17(12(16-14)15-11-5-6-11)8-9-3-2-4-10(13)7-9/h2-4,7,11H,5-6,8,14H2,1H3,(H,15,16). The third-order valence-corrected chi connectivity index (χ3v) is 3.14. The average Bonchev–Trinajstić information content (AvgIpc) is 3.09. The van der Waals surface area contributed by atoms with Gasteiger partial charge in [-0.2, -0.15) is 0 Å². The van der Waals surface area contributed by atoms with E-state index in [0.717, 1.165) is 17.0 Å². The van der Waals surface area contributed by atoms with Gasteiger partial charge in [-0.1, -0.05) is 28.1 Å². The molecule has 1 saturated carbocycles. The van der Waals surface area contributed by atoms with Crippen LogP contribution in [0.3, 0.4) is 0 Å². The molecule has 0 aromatic heterocycles. The van der Waals surface area contributed by atoms with Gasteiger partial charge in [-0.3, -0.25) is 5.43 Å². The lowest BCUT2D eigenvalue weighted by atomic mass is 10.2. The third-order valence-electron chi connectivity index (χ3n) is 2.65. The number of nitrogens with zero attached hydrogens (tertiary/aromatic N) is 2. The van der Waals surface area contributed by atoms with E-state index in [9.17, 15) is 0 Å². The second-order valence-corrected chi connectivity index (χ2v) is 5.23. The van der Waals surface area contributed by atoms with Crippen LogP contribution in [-0.4, -0.2) is 23.9 Å². The van der Waals surface area contributed by atoms with Crippen LogP contribution in [0.4, 0.5) is 0 Å². The Morgan fingerprint density at radius 3 is 2.94 bits per heavy atom. The lowest BCUT2D eigenvalue weighted by Gasteiger charge is -2.20. The molecule has 0 saturated heterocycles. The highest BCUT2D eigenvalue weighted by atomic mass is 79.9. The highest BCUT2D eigenvalue weighted by Gasteiger charge is 2.21. The van der Waals surface area contributed by atoms with Gasteiger partial charge in [0.1, 0.15) is 0 Å². The van der Waals surface area contributed by atoms with Crippen LogP contribution >= 0.6 is 15.9 Å². The van der Waals surface area contributed by atoms with Crippen molar-refractivity contribution in [1.82, 2.24) is 10.3 Å². The van der Waals surface area contributed by atoms with Gasteiger partial charge in [-0.25, -0.2) is 10.8 Å². The first-order valence-corrected chi connectivity index (χ1v) is 6.48. The van der Waals surface area contributed by atoms with Crippen LogP contribution in [0.15, 0.2) is 33.7 Å². The van der Waals surface area contributed by atoms with E-state index < -0.39 is 0 Å². The van der Waals surface area contributed by atoms with Crippen molar-refractivity contribution in [2.24, 2.45) is 10.8 Å². The summed E-state index contributed by atoms with van der Waals surface area (Å²) in [7, 11) is 1.99. The summed E-state index contributed by atoms with van der Waals surface area (Å²) in [6, 6.07) is 8.70. The van der Waals surface area contributed by atoms with E-state index in [4.69, 9.17) is 5.84 Å². The fraction of sp³-hybridized carbons (Fsp3) is 0.417. The summed E-state index contributed by atoms with van der Waals surface area (Å²) < 4.78 is 1.09. The predicted octanol–water partition coefficient (Wildman–Crippen LogP) is 1.86. The first-order valence-electron chi connectivity index (χ1n) is 5.69. The zero-order chi connectivity index (χ0) is 12.3. The third kappa shape index (κ3) is 3.71. The maximum atomic E-state index is 5.50. The molecule has 1 aromatic carbocycles. The van der Waals surface area contributed by atoms with Crippen LogP contribution in [0.1, 0.15) is 18.4 Å². The van der Waals surface area contributed by atoms with Crippen molar-refractivity contribution in [3.63, 3.8) is 0 Å². The summed E-state index contributed by atoms with van der Waals surface area (Å²) in [6.45, 7) is 0.787. The average molecular weight is 297 g/mol. The van der Waals surface area contributed by atoms with E-state index in [1.54, 1.807) is 0 Å². The predicted molar refractivity (Wildman–Crippen MR) is 73.4 cm³/mol. The summed E-state index contributed by atoms with van der Waals surface area (Å²) >= 11 is 3.47. The van der Waals surface area contributed by atoms with E-state index in [2.05, 4.69) is 38.5 Å². The van der Waals surface area contributed by atoms with E-state index in [0.29, 0.717) is 6.04 Å². The number of benzene rings is 1. The summed E-state index contributed by atoms with van der Waals surface area (Å²) in [5.74, 6) is 6.26. The van der Waals surface area contributed by atoms with Crippen molar-refractivity contribution < 1.29 is 0 Å². The minimum atomic E-state index is 0.464. The first kappa shape index (κ1) is 12.4. The Labute approximate surface area is 110 Å². The Hall–Kier alpha value is -1.07. The molecular weight excluding hydrogens is 280 g/mol. The monoisotopic (exact) mass is 296 g/mol. The number of hydrogen-bond acceptors (Lipinski definition) is 2. The number of hydrogen-bond donors (Lipinski definition) is 2. The van der Waals surface area contributed by atoms with E-state index in [1.165, 1.54) is 18.4 Å². The highest BCUT2D eigenvalue weighted by Crippen LogP contribution is 2.23. The second kappa shape index (κ2) is 5.51. The van der Waals surface area contributed by atoms with Gasteiger partial charge in [0.05, 0.1) is 6.04 Å². The fourth-order valence-corrected chi connectivity index (χ4v) is 2.05. The molecule has 0 unspecified atom stereocenters. The van der Waals surface area contributed by atoms with E-state index >= 15 is 0 Å². The van der Waals surface area contributed by atoms with Crippen molar-refractivity contribution in [2.75, 3.05) is 7.05 Å². The molecule has 1 aliphatic carbocycles. The van der Waals surface area contributed by atoms with Crippen molar-refractivity contribution in [2.45, 2.75) is 25.4 Å². The number of nitrogens with one attached hydrogen (secondary N) is 1. The van der Waals surface area contributed by atoms with Crippen LogP contribution in [0.25, 0.3) is 0 Å². The second-order valence-electron chi connectivity index (χ2n) is 4.31. The molecule has 0 atom stereocenters. The minimum Gasteiger partial charge on any atom is -0.341 e. The summed E-state index contributed by atoms with van der Waals surface area (Å²) in [5.41, 5.74) is 3.90. The smallest absolute Gasteiger partial charge is 0.208 e. The number of halogens is 1. The van der Waals surface area contributed by atoms with Gasteiger partial charge in [0.2, 0.25) is 5.96 Å². The van der Waals surface area contributed by atoms with Crippen molar-refractivity contribution in [3.8, 4) is 0 Å². The maximum Gasteiger partial charge on any atom is 0.208 e. The number of guanidine groups is 1. The van der Waals surface area contributed by atoms with Gasteiger partial charge in [-0.05, 0) is 30.5 Å². The van der Waals surface area contributed by atoms with Gasteiger partial charge >= 0.3 is 0 Å². The van der Waals surface area contributed by atoms with Gasteiger partial charge in [0.25, 0.3) is 0 Å². The van der Waals surface area contributed by atoms with Gasteiger partial charge in [0.15, 0.2) is 0 Å². The molecule has 92 valence electrons. The molecule has 3 N–H and O–H groups in total. The maximum absolute atomic E-state index is 5.50. The molecule has 1 fully saturated rings. The lowest BCUT2D eigenvalue weighted by molar-refractivity contribution is 0.476. The summed E-state index contributed by atoms with van der Waals surface area (Å²) in [5, 5.41) is 0. The quantitative estimate of drug-likeness (QED) is 0.387. The molecule has 0 heterocycles. The SMILES string of the molecule is CN(Cc1cccc(Br)c1)C(=NC1CC1)NN. The van der Waals surface area contributed by atoms with Crippen LogP contribution in [0.2, 0.25) is 0 Å². The Balaban J connectivity index is 2.01. The van der Waals surface area contributed by atoms with Crippen molar-refractivity contribution in [1.29, 1.82) is 0 Å². The number of nitrogens with two attached hydrogens (primary N) is 1. The minimum absolute atomic E-state index is 0.464. The molecule has 0 bridgehead atoms. The number of rotatable bonds is 3. The molecular formula is C12H17BrN4. The van der Waals surface area contributed by atoms with Crippen LogP contribution in [-0.2, 0) is 6.54 Å². The van der Waals surface area contributed by atoms with Gasteiger partial charge < -0.3 is 4.90 Å². The molecule has 0 spiro atoms. The Morgan fingerprint density at radius 2 is 2.35 bits per heavy atom. The number of hydrazine groups is 1. The lowest BCUT2D eigenvalue weighted by Crippen LogP contribution is -2.42. The van der Waals surface area contributed by atoms with Crippen molar-refractivity contribution >= 4 is 21.9 Å². The molecule has 0 amide bonds. The van der Waals surface area contributed by atoms with E-state index in [1.807, 2.05) is 24.1 Å². The zero-order valence-corrected chi connectivity index (χ0v) is 11.4. The largest absolute Gasteiger partial charge is 0.341 e. The summed E-state index contributed by atoms with van der Waals surface area (Å²) in [6.07, 6.45) is 2.35. The Bertz CT molecular complexity index is 415. The number of aliphatic imine (C=N–C) groups is 1. The van der Waals surface area contributed by atoms with Gasteiger partial charge in [-0.15, -0.1) is 0 Å². The molecule has 0 aliphatic heterocycles. The molecule has 1 aliphatic rings. The summed E-state index contributed by atoms with van der Waals surface area (Å²) in [4.78, 5) is 6.55. The molecule has 4 nitrogen and oxygen atoms in total. The van der Waals surface area contributed by atoms with Crippen molar-refractivity contribution in [3.05, 3.63) is 34.3 Å². The molecule has 17 heavy (non-hydrogen) atoms. The first-order chi connectivity index (χ1) is 8.19. The van der Waals surface area contributed by atoms with Crippen LogP contribution < -0.4 is 11.3 Å². The molecule has 2 rings (SSSR count). The van der Waals surface area contributed by atoms with Gasteiger partial charge in [0, 0.05) is 18.1 Å². The highest BCUT2D eigenvalue weighted by molar-refractivity contribution is 9.10. The van der Waals surface area contributed by atoms with Crippen LogP contribution in [0.5, 0.6) is 0 Å². The zero-order valence-electron chi connectivity index (χ0n) is 9.86. The molecule has 0 radical (unpaired) electrons. The Morgan fingerprint density at radius 1 is 1.59 bits per heavy atom. The van der Waals surface area contributed by atoms with E-state index in [-0.39, 0.29) is 0 Å². The Kier molecular flexibility index (Phi) is 4.02. The normalized spacial score (nSPS) is 15.8. The molecule has 5 heteroatoms. The van der Waals surface area contributed by atoms with Crippen LogP contribution in [0, 0.1) is 0 Å². The topological polar surface area (TPSA) is 53.6 Å². The fourth-order valence-electron chi connectivity index (χ4n) is 1.61.